The number of primary amides is 1. The van der Waals surface area contributed by atoms with Crippen molar-refractivity contribution >= 4 is 93.8 Å². The molecule has 2 unspecified atom stereocenters. The van der Waals surface area contributed by atoms with Crippen molar-refractivity contribution in [1.82, 2.24) is 41.8 Å². The third-order valence-corrected chi connectivity index (χ3v) is 14.0. The minimum Gasteiger partial charge on any atom is -0.480 e. The van der Waals surface area contributed by atoms with Gasteiger partial charge in [-0.25, -0.2) is 4.79 Å². The van der Waals surface area contributed by atoms with Crippen molar-refractivity contribution in [2.45, 2.75) is 126 Å². The van der Waals surface area contributed by atoms with E-state index in [1.54, 1.807) is 26.0 Å². The van der Waals surface area contributed by atoms with Gasteiger partial charge in [0.1, 0.15) is 48.5 Å². The Morgan fingerprint density at radius 2 is 1.61 bits per heavy atom. The second-order valence-corrected chi connectivity index (χ2v) is 19.5. The van der Waals surface area contributed by atoms with Gasteiger partial charge in [0.15, 0.2) is 5.75 Å². The van der Waals surface area contributed by atoms with Gasteiger partial charge in [-0.2, -0.15) is 0 Å². The van der Waals surface area contributed by atoms with Crippen LogP contribution in [0.25, 0.3) is 10.9 Å². The summed E-state index contributed by atoms with van der Waals surface area (Å²) in [6.45, 7) is 5.62. The number of likely N-dealkylation sites (tertiary alicyclic amines) is 1. The van der Waals surface area contributed by atoms with Crippen molar-refractivity contribution in [3.63, 3.8) is 0 Å². The molecule has 11 atom stereocenters. The SMILES string of the molecule is CC[C@H](C)[C@@H]1NC(=O)CNC(=O)[C@@]2(N)C[C@@H]2c2c([nH]c3c(OC(C)=O)cccc23)SCC(C(=O)NC(CC(N)=O)C(=O)N2C[C@H](O)C[C@H]2C(=O)N[C@H](C(=O)O)[C@@H](C)[C@H](COC(C)=O)OC(C)=O)NC(=O)CNC1=O. The van der Waals surface area contributed by atoms with Gasteiger partial charge in [0, 0.05) is 56.7 Å². The van der Waals surface area contributed by atoms with Gasteiger partial charge in [0.25, 0.3) is 0 Å². The summed E-state index contributed by atoms with van der Waals surface area (Å²) in [4.78, 5) is 161. The molecular formula is C46H62N10O17S. The molecular weight excluding hydrogens is 997 g/mol. The van der Waals surface area contributed by atoms with Crippen LogP contribution in [0.3, 0.4) is 0 Å². The van der Waals surface area contributed by atoms with Gasteiger partial charge in [-0.3, -0.25) is 52.7 Å². The number of ether oxygens (including phenoxy) is 3. The highest BCUT2D eigenvalue weighted by atomic mass is 32.2. The molecule has 3 aliphatic rings. The molecule has 0 radical (unpaired) electrons. The van der Waals surface area contributed by atoms with Gasteiger partial charge in [-0.05, 0) is 24.0 Å². The van der Waals surface area contributed by atoms with Crippen LogP contribution in [0.5, 0.6) is 5.75 Å². The number of hydrogen-bond donors (Lipinski definition) is 11. The Bertz CT molecular complexity index is 2580. The number of carbonyl (C=O) groups is 12. The summed E-state index contributed by atoms with van der Waals surface area (Å²) in [6, 6.07) is -3.35. The van der Waals surface area contributed by atoms with Crippen molar-refractivity contribution in [1.29, 1.82) is 0 Å². The molecule has 0 spiro atoms. The maximum atomic E-state index is 14.5. The summed E-state index contributed by atoms with van der Waals surface area (Å²) in [5.41, 5.74) is 11.4. The lowest BCUT2D eigenvalue weighted by Gasteiger charge is -2.32. The second-order valence-electron chi connectivity index (χ2n) is 18.5. The number of nitrogens with one attached hydrogen (secondary N) is 7. The molecule has 13 N–H and O–H groups in total. The maximum Gasteiger partial charge on any atom is 0.326 e. The normalized spacial score (nSPS) is 24.4. The van der Waals surface area contributed by atoms with E-state index < -0.39 is 176 Å². The van der Waals surface area contributed by atoms with Gasteiger partial charge in [-0.1, -0.05) is 39.3 Å². The maximum absolute atomic E-state index is 14.5. The summed E-state index contributed by atoms with van der Waals surface area (Å²) < 4.78 is 15.6. The molecule has 2 fully saturated rings. The molecule has 1 saturated carbocycles. The van der Waals surface area contributed by atoms with E-state index in [2.05, 4.69) is 36.9 Å². The monoisotopic (exact) mass is 1060 g/mol. The Kier molecular flexibility index (Phi) is 19.1. The number of amides is 8. The largest absolute Gasteiger partial charge is 0.480 e. The number of carboxylic acid groups (broad SMARTS) is 1. The number of esters is 3. The smallest absolute Gasteiger partial charge is 0.326 e. The van der Waals surface area contributed by atoms with Crippen molar-refractivity contribution in [3.8, 4) is 5.75 Å². The third kappa shape index (κ3) is 14.2. The number of nitrogens with two attached hydrogens (primary N) is 2. The predicted molar refractivity (Wildman–Crippen MR) is 257 cm³/mol. The van der Waals surface area contributed by atoms with Gasteiger partial charge in [-0.15, -0.1) is 11.8 Å². The number of β-amino-alcohol motifs (C(OH)–C–C–N with tert-alkyl or cyclic N) is 1. The highest BCUT2D eigenvalue weighted by Crippen LogP contribution is 2.55. The Morgan fingerprint density at radius 3 is 2.23 bits per heavy atom. The highest BCUT2D eigenvalue weighted by molar-refractivity contribution is 7.99. The van der Waals surface area contributed by atoms with E-state index in [4.69, 9.17) is 25.7 Å². The topological polar surface area (TPSA) is 416 Å². The van der Waals surface area contributed by atoms with Crippen LogP contribution >= 0.6 is 11.8 Å². The molecule has 28 heteroatoms. The van der Waals surface area contributed by atoms with Crippen molar-refractivity contribution in [2.75, 3.05) is 32.0 Å². The van der Waals surface area contributed by atoms with Crippen LogP contribution in [-0.4, -0.2) is 171 Å². The lowest BCUT2D eigenvalue weighted by molar-refractivity contribution is -0.162. The molecule has 8 amide bonds. The Balaban J connectivity index is 1.48. The first-order chi connectivity index (χ1) is 34.7. The van der Waals surface area contributed by atoms with Crippen molar-refractivity contribution in [3.05, 3.63) is 23.8 Å². The van der Waals surface area contributed by atoms with Crippen molar-refractivity contribution in [2.24, 2.45) is 23.3 Å². The number of rotatable bonds is 16. The molecule has 3 heterocycles. The van der Waals surface area contributed by atoms with Crippen LogP contribution in [-0.2, 0) is 67.0 Å². The number of aromatic nitrogens is 1. The number of nitrogens with zero attached hydrogens (tertiary/aromatic N) is 1. The first-order valence-electron chi connectivity index (χ1n) is 23.6. The molecule has 74 heavy (non-hydrogen) atoms. The fourth-order valence-corrected chi connectivity index (χ4v) is 9.82. The van der Waals surface area contributed by atoms with E-state index in [9.17, 15) is 67.7 Å². The number of aliphatic hydroxyl groups excluding tert-OH is 1. The lowest BCUT2D eigenvalue weighted by atomic mass is 9.95. The number of para-hydroxylation sites is 1. The van der Waals surface area contributed by atoms with Crippen LogP contribution in [0.15, 0.2) is 23.2 Å². The average molecular weight is 1060 g/mol. The molecule has 1 aliphatic carbocycles. The zero-order chi connectivity index (χ0) is 54.9. The number of fused-ring (bicyclic) bond motifs is 5. The van der Waals surface area contributed by atoms with Gasteiger partial charge in [0.2, 0.25) is 47.3 Å². The molecule has 404 valence electrons. The van der Waals surface area contributed by atoms with Crippen LogP contribution in [0.2, 0.25) is 0 Å². The minimum absolute atomic E-state index is 0.0688. The average Bonchev–Trinajstić information content (AvgIpc) is 3.63. The number of H-pyrrole nitrogens is 1. The van der Waals surface area contributed by atoms with Gasteiger partial charge < -0.3 is 77.7 Å². The van der Waals surface area contributed by atoms with Crippen LogP contribution in [0.1, 0.15) is 78.7 Å². The summed E-state index contributed by atoms with van der Waals surface area (Å²) in [6.07, 6.45) is -3.60. The summed E-state index contributed by atoms with van der Waals surface area (Å²) in [7, 11) is 0. The zero-order valence-electron chi connectivity index (χ0n) is 41.4. The molecule has 2 aliphatic heterocycles. The van der Waals surface area contributed by atoms with Gasteiger partial charge in [0.05, 0.1) is 36.2 Å². The van der Waals surface area contributed by atoms with Crippen molar-refractivity contribution < 1.29 is 82.0 Å². The fourth-order valence-electron chi connectivity index (χ4n) is 8.67. The molecule has 1 aromatic heterocycles. The van der Waals surface area contributed by atoms with E-state index in [0.717, 1.165) is 30.5 Å². The number of thioether (sulfide) groups is 1. The number of carboxylic acids is 1. The molecule has 5 rings (SSSR count). The zero-order valence-corrected chi connectivity index (χ0v) is 42.2. The Hall–Kier alpha value is -7.33. The van der Waals surface area contributed by atoms with E-state index >= 15 is 0 Å². The van der Waals surface area contributed by atoms with Crippen LogP contribution in [0, 0.1) is 11.8 Å². The summed E-state index contributed by atoms with van der Waals surface area (Å²) in [5.74, 6) is -14.2. The highest BCUT2D eigenvalue weighted by Gasteiger charge is 2.59. The van der Waals surface area contributed by atoms with E-state index in [0.29, 0.717) is 27.9 Å². The van der Waals surface area contributed by atoms with E-state index in [1.807, 2.05) is 0 Å². The predicted octanol–water partition coefficient (Wildman–Crippen LogP) is -3.35. The number of hydrogen-bond acceptors (Lipinski definition) is 18. The molecule has 27 nitrogen and oxygen atoms in total. The lowest BCUT2D eigenvalue weighted by Crippen LogP contribution is -2.60. The first-order valence-corrected chi connectivity index (χ1v) is 24.5. The first kappa shape index (κ1) is 57.6. The molecule has 0 bridgehead atoms. The van der Waals surface area contributed by atoms with Gasteiger partial charge >= 0.3 is 23.9 Å². The molecule has 1 saturated heterocycles. The van der Waals surface area contributed by atoms with Crippen LogP contribution < -0.4 is 48.1 Å². The number of aliphatic hydroxyl groups is 1. The summed E-state index contributed by atoms with van der Waals surface area (Å²) >= 11 is 0.936. The Labute approximate surface area is 427 Å². The van der Waals surface area contributed by atoms with Crippen LogP contribution in [0.4, 0.5) is 0 Å². The van der Waals surface area contributed by atoms with E-state index in [1.165, 1.54) is 19.9 Å². The fraction of sp³-hybridized carbons (Fsp3) is 0.565. The van der Waals surface area contributed by atoms with E-state index in [-0.39, 0.29) is 17.9 Å². The number of aromatic amines is 1. The summed E-state index contributed by atoms with van der Waals surface area (Å²) in [5, 5.41) is 36.5. The molecule has 1 aromatic carbocycles. The quantitative estimate of drug-likeness (QED) is 0.0578. The Morgan fingerprint density at radius 1 is 0.932 bits per heavy atom. The third-order valence-electron chi connectivity index (χ3n) is 12.8. The standard InChI is InChI=1S/C46H62N10O17S/c1-7-19(2)36-41(66)49-14-33(62)51-28(18-74-42-35(25-9-8-10-30(38(25)55-42)72-22(5)58)26-13-46(26,48)45(70)50-15-34(63)53-36)39(64)52-27(12-32(47)61)43(67)56-16-24(60)11-29(56)40(65)54-37(44(68)69)20(3)31(73-23(6)59)17-71-21(4)57/h8-10,19-20,24,26-29,31,36-37,55,60H,7,11-18,48H2,1-6H3,(H2,47,61)(H,49,66)(H,50,70)(H,51,62)(H,52,64)(H,53,63)(H,54,65)(H,68,69)/t19-,20-,24+,26+,27?,28?,29-,31-,36-,37-,46+/m0/s1. The molecule has 2 aromatic rings. The number of carbonyl (C=O) groups excluding carboxylic acids is 11. The minimum atomic E-state index is -1.88. The number of benzene rings is 1. The second kappa shape index (κ2) is 24.6. The number of aliphatic carboxylic acids is 1.